The number of aromatic nitrogens is 3. The lowest BCUT2D eigenvalue weighted by Crippen LogP contribution is -2.15. The highest BCUT2D eigenvalue weighted by atomic mass is 35.5. The molecular formula is C19H20ClN5O12S4. The summed E-state index contributed by atoms with van der Waals surface area (Å²) >= 11 is 5.97. The molecule has 1 heterocycles. The largest absolute Gasteiger partial charge is 0.397 e. The van der Waals surface area contributed by atoms with Crippen LogP contribution < -0.4 is 10.6 Å². The normalized spacial score (nSPS) is 12.7. The first-order valence-corrected chi connectivity index (χ1v) is 17.2. The van der Waals surface area contributed by atoms with Crippen molar-refractivity contribution in [2.45, 2.75) is 9.79 Å². The molecule has 0 atom stereocenters. The topological polar surface area (TPSA) is 258 Å². The molecule has 0 amide bonds. The van der Waals surface area contributed by atoms with E-state index in [2.05, 4.69) is 34.0 Å². The summed E-state index contributed by atoms with van der Waals surface area (Å²) in [7, 11) is -17.4. The summed E-state index contributed by atoms with van der Waals surface area (Å²) in [5.74, 6) is -1.48. The van der Waals surface area contributed by atoms with Crippen LogP contribution in [0.15, 0.2) is 58.3 Å². The van der Waals surface area contributed by atoms with Crippen molar-refractivity contribution in [2.24, 2.45) is 0 Å². The minimum Gasteiger partial charge on any atom is -0.324 e. The highest BCUT2D eigenvalue weighted by Gasteiger charge is 2.18. The van der Waals surface area contributed by atoms with Crippen molar-refractivity contribution >= 4 is 75.3 Å². The summed E-state index contributed by atoms with van der Waals surface area (Å²) in [6, 6.07) is 10.4. The van der Waals surface area contributed by atoms with Crippen LogP contribution in [0.25, 0.3) is 0 Å². The number of hydrogen-bond acceptors (Lipinski definition) is 15. The Kier molecular flexibility index (Phi) is 10.2. The van der Waals surface area contributed by atoms with Gasteiger partial charge in [0.1, 0.15) is 0 Å². The maximum Gasteiger partial charge on any atom is 0.397 e. The van der Waals surface area contributed by atoms with Gasteiger partial charge in [-0.1, -0.05) is 0 Å². The number of benzene rings is 2. The van der Waals surface area contributed by atoms with Crippen LogP contribution in [-0.4, -0.2) is 82.4 Å². The molecule has 0 saturated heterocycles. The fourth-order valence-electron chi connectivity index (χ4n) is 2.95. The van der Waals surface area contributed by atoms with E-state index < -0.39 is 65.2 Å². The molecule has 0 aliphatic heterocycles. The predicted molar refractivity (Wildman–Crippen MR) is 143 cm³/mol. The van der Waals surface area contributed by atoms with E-state index in [1.165, 1.54) is 48.5 Å². The number of nitrogens with one attached hydrogen (secondary N) is 2. The molecule has 0 aliphatic carbocycles. The van der Waals surface area contributed by atoms with Gasteiger partial charge in [0.2, 0.25) is 17.2 Å². The van der Waals surface area contributed by atoms with Crippen molar-refractivity contribution in [3.8, 4) is 0 Å². The van der Waals surface area contributed by atoms with E-state index in [-0.39, 0.29) is 27.0 Å². The number of hydrogen-bond donors (Lipinski definition) is 4. The van der Waals surface area contributed by atoms with E-state index in [1.807, 2.05) is 0 Å². The zero-order valence-electron chi connectivity index (χ0n) is 20.3. The van der Waals surface area contributed by atoms with Gasteiger partial charge in [0, 0.05) is 11.4 Å². The minimum absolute atomic E-state index is 0.0392. The van der Waals surface area contributed by atoms with Gasteiger partial charge in [0.15, 0.2) is 19.7 Å². The van der Waals surface area contributed by atoms with E-state index in [1.54, 1.807) is 0 Å². The Labute approximate surface area is 239 Å². The Balaban J connectivity index is 1.66. The minimum atomic E-state index is -4.77. The smallest absolute Gasteiger partial charge is 0.324 e. The van der Waals surface area contributed by atoms with Gasteiger partial charge < -0.3 is 10.6 Å². The maximum absolute atomic E-state index is 12.3. The van der Waals surface area contributed by atoms with Crippen LogP contribution in [0, 0.1) is 0 Å². The van der Waals surface area contributed by atoms with Crippen molar-refractivity contribution in [1.29, 1.82) is 0 Å². The Morgan fingerprint density at radius 1 is 0.610 bits per heavy atom. The predicted octanol–water partition coefficient (Wildman–Crippen LogP) is 1.20. The van der Waals surface area contributed by atoms with Crippen LogP contribution >= 0.6 is 11.6 Å². The monoisotopic (exact) mass is 673 g/mol. The van der Waals surface area contributed by atoms with Crippen LogP contribution in [0.1, 0.15) is 0 Å². The third kappa shape index (κ3) is 10.7. The van der Waals surface area contributed by atoms with Crippen molar-refractivity contribution in [1.82, 2.24) is 15.0 Å². The molecule has 2 aromatic carbocycles. The lowest BCUT2D eigenvalue weighted by Gasteiger charge is -2.10. The van der Waals surface area contributed by atoms with Gasteiger partial charge in [-0.2, -0.15) is 31.8 Å². The second kappa shape index (κ2) is 12.9. The van der Waals surface area contributed by atoms with E-state index in [9.17, 15) is 33.7 Å². The van der Waals surface area contributed by atoms with Gasteiger partial charge in [-0.25, -0.2) is 25.2 Å². The van der Waals surface area contributed by atoms with Crippen LogP contribution in [-0.2, 0) is 48.8 Å². The summed E-state index contributed by atoms with van der Waals surface area (Å²) in [4.78, 5) is 11.7. The highest BCUT2D eigenvalue weighted by molar-refractivity contribution is 7.91. The van der Waals surface area contributed by atoms with E-state index in [4.69, 9.17) is 20.7 Å². The van der Waals surface area contributed by atoms with Crippen LogP contribution in [0.2, 0.25) is 5.28 Å². The van der Waals surface area contributed by atoms with Gasteiger partial charge in [-0.3, -0.25) is 9.11 Å². The number of sulfone groups is 2. The molecule has 1 aromatic heterocycles. The molecule has 0 fully saturated rings. The second-order valence-electron chi connectivity index (χ2n) is 7.69. The maximum atomic E-state index is 12.3. The summed E-state index contributed by atoms with van der Waals surface area (Å²) in [5, 5.41) is 5.38. The molecule has 41 heavy (non-hydrogen) atoms. The molecule has 3 aromatic rings. The first kappa shape index (κ1) is 32.5. The molecule has 0 spiro atoms. The highest BCUT2D eigenvalue weighted by Crippen LogP contribution is 2.22. The summed E-state index contributed by atoms with van der Waals surface area (Å²) < 4.78 is 117. The molecule has 4 N–H and O–H groups in total. The van der Waals surface area contributed by atoms with Crippen molar-refractivity contribution in [3.05, 3.63) is 53.8 Å². The van der Waals surface area contributed by atoms with Crippen LogP contribution in [0.4, 0.5) is 23.3 Å². The number of halogens is 1. The Bertz CT molecular complexity index is 1690. The van der Waals surface area contributed by atoms with Gasteiger partial charge in [-0.15, -0.1) is 0 Å². The summed E-state index contributed by atoms with van der Waals surface area (Å²) in [6.07, 6.45) is 0. The van der Waals surface area contributed by atoms with E-state index in [0.29, 0.717) is 11.4 Å². The zero-order valence-corrected chi connectivity index (χ0v) is 24.3. The van der Waals surface area contributed by atoms with Gasteiger partial charge in [0.05, 0.1) is 34.5 Å². The average Bonchev–Trinajstić information content (AvgIpc) is 2.82. The summed E-state index contributed by atoms with van der Waals surface area (Å²) in [6.45, 7) is -1.55. The molecule has 0 unspecified atom stereocenters. The number of rotatable bonds is 14. The third-order valence-corrected chi connectivity index (χ3v) is 9.20. The molecule has 17 nitrogen and oxygen atoms in total. The molecule has 22 heteroatoms. The van der Waals surface area contributed by atoms with Crippen molar-refractivity contribution in [3.63, 3.8) is 0 Å². The molecule has 0 bridgehead atoms. The fourth-order valence-corrected chi connectivity index (χ4v) is 6.08. The van der Waals surface area contributed by atoms with E-state index >= 15 is 0 Å². The fraction of sp³-hybridized carbons (Fsp3) is 0.211. The van der Waals surface area contributed by atoms with Crippen LogP contribution in [0.3, 0.4) is 0 Å². The third-order valence-electron chi connectivity index (χ3n) is 4.72. The zero-order chi connectivity index (χ0) is 30.5. The average molecular weight is 674 g/mol. The Morgan fingerprint density at radius 2 is 0.951 bits per heavy atom. The van der Waals surface area contributed by atoms with Gasteiger partial charge in [-0.05, 0) is 60.1 Å². The molecular weight excluding hydrogens is 654 g/mol. The van der Waals surface area contributed by atoms with Gasteiger partial charge in [0.25, 0.3) is 0 Å². The number of nitrogens with zero attached hydrogens (tertiary/aromatic N) is 3. The standard InChI is InChI=1S/C19H20ClN5O12S4/c20-17-23-18(21-13-1-5-15(6-2-13)38(26,27)11-9-36-40(30,31)32)25-19(24-17)22-14-3-7-16(8-4-14)39(28,29)12-10-37-41(33,34)35/h1-8H,9-12H2,(H,30,31,32)(H,33,34,35)(H2,21,22,23,24,25). The Morgan fingerprint density at radius 3 is 1.27 bits per heavy atom. The Hall–Kier alpha value is -3.02. The lowest BCUT2D eigenvalue weighted by molar-refractivity contribution is 0.282. The second-order valence-corrected chi connectivity index (χ2v) is 14.4. The molecule has 0 radical (unpaired) electrons. The van der Waals surface area contributed by atoms with Crippen molar-refractivity contribution in [2.75, 3.05) is 35.4 Å². The van der Waals surface area contributed by atoms with Crippen molar-refractivity contribution < 1.29 is 51.1 Å². The first-order valence-electron chi connectivity index (χ1n) is 10.8. The summed E-state index contributed by atoms with van der Waals surface area (Å²) in [5.41, 5.74) is 0.692. The SMILES string of the molecule is O=S(=O)(O)OCCS(=O)(=O)c1ccc(Nc2nc(Cl)nc(Nc3ccc(S(=O)(=O)CCOS(=O)(=O)O)cc3)n2)cc1. The lowest BCUT2D eigenvalue weighted by atomic mass is 10.3. The van der Waals surface area contributed by atoms with Gasteiger partial charge >= 0.3 is 20.8 Å². The quantitative estimate of drug-likeness (QED) is 0.175. The molecule has 3 rings (SSSR count). The molecule has 0 aliphatic rings. The number of anilines is 4. The van der Waals surface area contributed by atoms with E-state index in [0.717, 1.165) is 0 Å². The van der Waals surface area contributed by atoms with Crippen LogP contribution in [0.5, 0.6) is 0 Å². The molecule has 0 saturated carbocycles. The molecule has 224 valence electrons. The first-order chi connectivity index (χ1) is 18.9.